The third-order valence-electron chi connectivity index (χ3n) is 6.51. The maximum atomic E-state index is 12.0. The smallest absolute Gasteiger partial charge is 0.223 e. The molecule has 168 valence electrons. The first-order chi connectivity index (χ1) is 13.6. The Morgan fingerprint density at radius 2 is 0.786 bits per heavy atom. The minimum absolute atomic E-state index is 0.0806. The Labute approximate surface area is 177 Å². The van der Waals surface area contributed by atoms with Crippen LogP contribution in [0.2, 0.25) is 0 Å². The van der Waals surface area contributed by atoms with E-state index < -0.39 is 0 Å². The van der Waals surface area contributed by atoms with Gasteiger partial charge in [0.2, 0.25) is 5.91 Å². The Morgan fingerprint density at radius 1 is 0.536 bits per heavy atom. The molecule has 2 heteroatoms. The Hall–Kier alpha value is -0.530. The molecule has 0 aromatic carbocycles. The lowest BCUT2D eigenvalue weighted by Gasteiger charge is -2.26. The maximum Gasteiger partial charge on any atom is 0.223 e. The molecule has 0 aliphatic rings. The van der Waals surface area contributed by atoms with Crippen LogP contribution in [-0.2, 0) is 4.79 Å². The van der Waals surface area contributed by atoms with Gasteiger partial charge in [-0.05, 0) is 12.8 Å². The lowest BCUT2D eigenvalue weighted by molar-refractivity contribution is -0.127. The molecule has 1 atom stereocenters. The number of hydrogen-bond acceptors (Lipinski definition) is 1. The summed E-state index contributed by atoms with van der Waals surface area (Å²) in [6.45, 7) is 6.65. The predicted octanol–water partition coefficient (Wildman–Crippen LogP) is 8.71. The van der Waals surface area contributed by atoms with Gasteiger partial charge in [-0.3, -0.25) is 4.79 Å². The van der Waals surface area contributed by atoms with E-state index in [-0.39, 0.29) is 11.3 Å². The second kappa shape index (κ2) is 19.8. The summed E-state index contributed by atoms with van der Waals surface area (Å²) in [5, 5.41) is 0. The van der Waals surface area contributed by atoms with E-state index in [9.17, 15) is 4.79 Å². The molecule has 28 heavy (non-hydrogen) atoms. The van der Waals surface area contributed by atoms with Crippen LogP contribution in [0, 0.1) is 5.41 Å². The van der Waals surface area contributed by atoms with Crippen LogP contribution in [0.3, 0.4) is 0 Å². The summed E-state index contributed by atoms with van der Waals surface area (Å²) in [6, 6.07) is 0. The van der Waals surface area contributed by atoms with E-state index in [1.807, 2.05) is 0 Å². The summed E-state index contributed by atoms with van der Waals surface area (Å²) in [6.07, 6.45) is 27.4. The second-order valence-corrected chi connectivity index (χ2v) is 9.44. The summed E-state index contributed by atoms with van der Waals surface area (Å²) in [5.74, 6) is -0.0806. The fraction of sp³-hybridized carbons (Fsp3) is 0.962. The third kappa shape index (κ3) is 16.4. The normalized spacial score (nSPS) is 13.5. The SMILES string of the molecule is CCCCCCCCCCCCC(C)(CCCCCCCCCCC)C(N)=O. The topological polar surface area (TPSA) is 43.1 Å². The highest BCUT2D eigenvalue weighted by atomic mass is 16.1. The van der Waals surface area contributed by atoms with Crippen LogP contribution in [0.25, 0.3) is 0 Å². The van der Waals surface area contributed by atoms with Crippen molar-refractivity contribution in [3.8, 4) is 0 Å². The molecular formula is C26H53NO. The summed E-state index contributed by atoms with van der Waals surface area (Å²) in [4.78, 5) is 12.0. The quantitative estimate of drug-likeness (QED) is 0.183. The van der Waals surface area contributed by atoms with Gasteiger partial charge in [-0.1, -0.05) is 143 Å². The predicted molar refractivity (Wildman–Crippen MR) is 126 cm³/mol. The third-order valence-corrected chi connectivity index (χ3v) is 6.51. The van der Waals surface area contributed by atoms with Crippen LogP contribution in [0.5, 0.6) is 0 Å². The van der Waals surface area contributed by atoms with Gasteiger partial charge in [-0.25, -0.2) is 0 Å². The molecule has 2 N–H and O–H groups in total. The number of unbranched alkanes of at least 4 members (excludes halogenated alkanes) is 17. The molecule has 0 aliphatic carbocycles. The van der Waals surface area contributed by atoms with Crippen molar-refractivity contribution < 1.29 is 4.79 Å². The molecule has 0 heterocycles. The Balaban J connectivity index is 3.67. The van der Waals surface area contributed by atoms with Gasteiger partial charge in [0.1, 0.15) is 0 Å². The molecule has 0 spiro atoms. The Morgan fingerprint density at radius 3 is 1.04 bits per heavy atom. The lowest BCUT2D eigenvalue weighted by atomic mass is 9.79. The standard InChI is InChI=1S/C26H53NO/c1-4-6-8-10-12-14-16-18-20-22-24-26(3,25(27)28)23-21-19-17-15-13-11-9-7-5-2/h4-24H2,1-3H3,(H2,27,28). The van der Waals surface area contributed by atoms with Crippen molar-refractivity contribution in [3.05, 3.63) is 0 Å². The highest BCUT2D eigenvalue weighted by molar-refractivity contribution is 5.80. The van der Waals surface area contributed by atoms with Crippen molar-refractivity contribution in [2.24, 2.45) is 11.1 Å². The average Bonchev–Trinajstić information content (AvgIpc) is 2.68. The van der Waals surface area contributed by atoms with Gasteiger partial charge >= 0.3 is 0 Å². The van der Waals surface area contributed by atoms with E-state index in [2.05, 4.69) is 20.8 Å². The summed E-state index contributed by atoms with van der Waals surface area (Å²) >= 11 is 0. The second-order valence-electron chi connectivity index (χ2n) is 9.44. The molecule has 2 nitrogen and oxygen atoms in total. The molecule has 1 amide bonds. The number of carbonyl (C=O) groups is 1. The zero-order valence-corrected chi connectivity index (χ0v) is 19.8. The van der Waals surface area contributed by atoms with E-state index in [0.29, 0.717) is 0 Å². The van der Waals surface area contributed by atoms with Crippen molar-refractivity contribution >= 4 is 5.91 Å². The van der Waals surface area contributed by atoms with Crippen molar-refractivity contribution in [3.63, 3.8) is 0 Å². The van der Waals surface area contributed by atoms with Crippen molar-refractivity contribution in [2.45, 2.75) is 156 Å². The Bertz CT molecular complexity index is 341. The molecule has 0 aromatic heterocycles. The molecular weight excluding hydrogens is 342 g/mol. The number of amides is 1. The number of primary amides is 1. The number of nitrogens with two attached hydrogens (primary N) is 1. The van der Waals surface area contributed by atoms with Crippen molar-refractivity contribution in [2.75, 3.05) is 0 Å². The largest absolute Gasteiger partial charge is 0.369 e. The molecule has 0 aliphatic heterocycles. The fourth-order valence-corrected chi connectivity index (χ4v) is 4.20. The first kappa shape index (κ1) is 27.5. The molecule has 0 radical (unpaired) electrons. The minimum Gasteiger partial charge on any atom is -0.369 e. The lowest BCUT2D eigenvalue weighted by Crippen LogP contribution is -2.34. The van der Waals surface area contributed by atoms with Crippen LogP contribution in [0.15, 0.2) is 0 Å². The number of rotatable bonds is 22. The summed E-state index contributed by atoms with van der Waals surface area (Å²) < 4.78 is 0. The fourth-order valence-electron chi connectivity index (χ4n) is 4.20. The maximum absolute atomic E-state index is 12.0. The summed E-state index contributed by atoms with van der Waals surface area (Å²) in [5.41, 5.74) is 5.48. The van der Waals surface area contributed by atoms with Crippen molar-refractivity contribution in [1.29, 1.82) is 0 Å². The van der Waals surface area contributed by atoms with Crippen LogP contribution < -0.4 is 5.73 Å². The van der Waals surface area contributed by atoms with Crippen molar-refractivity contribution in [1.82, 2.24) is 0 Å². The van der Waals surface area contributed by atoms with Gasteiger partial charge in [-0.2, -0.15) is 0 Å². The number of hydrogen-bond donors (Lipinski definition) is 1. The van der Waals surface area contributed by atoms with Gasteiger partial charge in [0.25, 0.3) is 0 Å². The van der Waals surface area contributed by atoms with Gasteiger partial charge in [0, 0.05) is 5.41 Å². The molecule has 0 fully saturated rings. The zero-order chi connectivity index (χ0) is 20.9. The van der Waals surface area contributed by atoms with Gasteiger partial charge in [0.05, 0.1) is 0 Å². The van der Waals surface area contributed by atoms with E-state index in [1.165, 1.54) is 109 Å². The first-order valence-corrected chi connectivity index (χ1v) is 12.9. The Kier molecular flexibility index (Phi) is 19.4. The van der Waals surface area contributed by atoms with E-state index >= 15 is 0 Å². The minimum atomic E-state index is -0.277. The van der Waals surface area contributed by atoms with E-state index in [4.69, 9.17) is 5.73 Å². The van der Waals surface area contributed by atoms with Crippen LogP contribution in [0.1, 0.15) is 156 Å². The van der Waals surface area contributed by atoms with Gasteiger partial charge in [-0.15, -0.1) is 0 Å². The van der Waals surface area contributed by atoms with Crippen LogP contribution >= 0.6 is 0 Å². The first-order valence-electron chi connectivity index (χ1n) is 12.9. The molecule has 0 aromatic rings. The monoisotopic (exact) mass is 395 g/mol. The van der Waals surface area contributed by atoms with E-state index in [0.717, 1.165) is 25.7 Å². The molecule has 0 saturated carbocycles. The summed E-state index contributed by atoms with van der Waals surface area (Å²) in [7, 11) is 0. The van der Waals surface area contributed by atoms with Gasteiger partial charge in [0.15, 0.2) is 0 Å². The number of carbonyl (C=O) groups excluding carboxylic acids is 1. The average molecular weight is 396 g/mol. The highest BCUT2D eigenvalue weighted by Crippen LogP contribution is 2.31. The zero-order valence-electron chi connectivity index (χ0n) is 19.8. The van der Waals surface area contributed by atoms with Crippen LogP contribution in [0.4, 0.5) is 0 Å². The molecule has 0 rings (SSSR count). The van der Waals surface area contributed by atoms with Crippen LogP contribution in [-0.4, -0.2) is 5.91 Å². The molecule has 0 saturated heterocycles. The van der Waals surface area contributed by atoms with Gasteiger partial charge < -0.3 is 5.73 Å². The molecule has 0 bridgehead atoms. The van der Waals surface area contributed by atoms with E-state index in [1.54, 1.807) is 0 Å². The molecule has 1 unspecified atom stereocenters. The highest BCUT2D eigenvalue weighted by Gasteiger charge is 2.29.